The van der Waals surface area contributed by atoms with Gasteiger partial charge in [-0.05, 0) is 0 Å². The SMILES string of the molecule is CC(C)[Si](C(C)C)=[Hf]([CH3])([CH3])([CH]1C=Cc2c(-c3ccc(C(C)(C)C)cc3)cccc21)[CH]1C=Cc2c(-c3ccc(C(C)(C)C)cc3)cccc21. The third kappa shape index (κ3) is 5.87. The second-order valence-corrected chi connectivity index (χ2v) is 63.9. The number of allylic oxidation sites excluding steroid dienone is 2. The molecule has 2 heteroatoms. The molecule has 250 valence electrons. The molecule has 4 aromatic carbocycles. The maximum atomic E-state index is 2.90. The van der Waals surface area contributed by atoms with Gasteiger partial charge < -0.3 is 0 Å². The van der Waals surface area contributed by atoms with Crippen LogP contribution in [0.2, 0.25) is 20.4 Å². The Bertz CT molecular complexity index is 1840. The van der Waals surface area contributed by atoms with Crippen LogP contribution < -0.4 is 0 Å². The molecule has 0 saturated carbocycles. The Hall–Kier alpha value is -2.55. The van der Waals surface area contributed by atoms with Crippen molar-refractivity contribution in [2.24, 2.45) is 0 Å². The quantitative estimate of drug-likeness (QED) is 0.170. The Labute approximate surface area is 293 Å². The van der Waals surface area contributed by atoms with Gasteiger partial charge >= 0.3 is 295 Å². The average molecular weight is 818 g/mol. The monoisotopic (exact) mass is 818 g/mol. The van der Waals surface area contributed by atoms with Crippen LogP contribution in [0.3, 0.4) is 0 Å². The number of hydrogen-bond donors (Lipinski definition) is 0. The van der Waals surface area contributed by atoms with Gasteiger partial charge in [-0.3, -0.25) is 0 Å². The van der Waals surface area contributed by atoms with Gasteiger partial charge in [0.15, 0.2) is 0 Å². The molecule has 0 bridgehead atoms. The Morgan fingerprint density at radius 3 is 1.19 bits per heavy atom. The molecule has 2 aliphatic rings. The van der Waals surface area contributed by atoms with E-state index in [1.54, 1.807) is 11.1 Å². The molecule has 0 spiro atoms. The third-order valence-electron chi connectivity index (χ3n) is 12.1. The fourth-order valence-corrected chi connectivity index (χ4v) is 81.9. The van der Waals surface area contributed by atoms with Crippen molar-refractivity contribution in [1.82, 2.24) is 0 Å². The van der Waals surface area contributed by atoms with Crippen LogP contribution in [0.5, 0.6) is 0 Å². The van der Waals surface area contributed by atoms with Crippen LogP contribution in [-0.2, 0) is 28.0 Å². The second kappa shape index (κ2) is 12.3. The van der Waals surface area contributed by atoms with Crippen molar-refractivity contribution in [3.63, 3.8) is 0 Å². The molecule has 0 amide bonds. The molecule has 0 N–H and O–H groups in total. The van der Waals surface area contributed by atoms with Gasteiger partial charge in [0.05, 0.1) is 0 Å². The average Bonchev–Trinajstić information content (AvgIpc) is 3.66. The van der Waals surface area contributed by atoms with Crippen molar-refractivity contribution in [1.29, 1.82) is 0 Å². The minimum atomic E-state index is -4.00. The van der Waals surface area contributed by atoms with Gasteiger partial charge in [0.1, 0.15) is 0 Å². The Morgan fingerprint density at radius 2 is 0.875 bits per heavy atom. The number of hydrogen-bond acceptors (Lipinski definition) is 0. The first-order chi connectivity index (χ1) is 22.4. The molecule has 2 atom stereocenters. The molecule has 0 heterocycles. The van der Waals surface area contributed by atoms with E-state index in [4.69, 9.17) is 0 Å². The van der Waals surface area contributed by atoms with Gasteiger partial charge in [-0.25, -0.2) is 0 Å². The van der Waals surface area contributed by atoms with E-state index in [2.05, 4.69) is 188 Å². The second-order valence-electron chi connectivity index (χ2n) is 18.3. The first kappa shape index (κ1) is 35.3. The van der Waals surface area contributed by atoms with E-state index in [1.807, 2.05) is 0 Å². The molecule has 0 aromatic heterocycles. The van der Waals surface area contributed by atoms with Gasteiger partial charge in [-0.1, -0.05) is 0 Å². The molecule has 48 heavy (non-hydrogen) atoms. The van der Waals surface area contributed by atoms with E-state index in [-0.39, 0.29) is 10.8 Å². The van der Waals surface area contributed by atoms with Crippen LogP contribution in [0, 0.1) is 0 Å². The fourth-order valence-electron chi connectivity index (χ4n) is 10.1. The zero-order valence-electron chi connectivity index (χ0n) is 31.7. The molecule has 2 aliphatic carbocycles. The van der Waals surface area contributed by atoms with Crippen LogP contribution in [0.25, 0.3) is 34.4 Å². The summed E-state index contributed by atoms with van der Waals surface area (Å²) in [5, 5.41) is 0. The van der Waals surface area contributed by atoms with E-state index >= 15 is 0 Å². The number of fused-ring (bicyclic) bond motifs is 2. The molecule has 0 nitrogen and oxygen atoms in total. The molecule has 0 aliphatic heterocycles. The van der Waals surface area contributed by atoms with Crippen molar-refractivity contribution in [2.45, 2.75) is 108 Å². The molecule has 2 unspecified atom stereocenters. The zero-order chi connectivity index (χ0) is 34.8. The van der Waals surface area contributed by atoms with E-state index in [0.29, 0.717) is 7.35 Å². The summed E-state index contributed by atoms with van der Waals surface area (Å²) in [6, 6.07) is 33.1. The van der Waals surface area contributed by atoms with Crippen molar-refractivity contribution >= 4 is 17.6 Å². The molecule has 0 radical (unpaired) electrons. The molecule has 4 aromatic rings. The Kier molecular flexibility index (Phi) is 9.07. The molecular formula is C46H58HfSi. The van der Waals surface area contributed by atoms with Gasteiger partial charge in [-0.15, -0.1) is 0 Å². The summed E-state index contributed by atoms with van der Waals surface area (Å²) < 4.78 is 6.85. The summed E-state index contributed by atoms with van der Waals surface area (Å²) in [7, 11) is 0. The maximum absolute atomic E-state index is 4.00. The summed E-state index contributed by atoms with van der Waals surface area (Å²) in [6.45, 7) is 24.0. The van der Waals surface area contributed by atoms with Crippen LogP contribution in [0.15, 0.2) is 97.1 Å². The van der Waals surface area contributed by atoms with Gasteiger partial charge in [0.2, 0.25) is 0 Å². The van der Waals surface area contributed by atoms with Crippen LogP contribution in [-0.4, -0.2) is 5.49 Å². The predicted molar refractivity (Wildman–Crippen MR) is 212 cm³/mol. The van der Waals surface area contributed by atoms with Crippen molar-refractivity contribution < 1.29 is 17.1 Å². The Balaban J connectivity index is 1.52. The van der Waals surface area contributed by atoms with E-state index in [0.717, 1.165) is 11.1 Å². The van der Waals surface area contributed by atoms with E-state index in [9.17, 15) is 0 Å². The van der Waals surface area contributed by atoms with Crippen LogP contribution in [0.4, 0.5) is 0 Å². The molecule has 6 rings (SSSR count). The van der Waals surface area contributed by atoms with Crippen LogP contribution in [0.1, 0.15) is 110 Å². The molecular weight excluding hydrogens is 759 g/mol. The normalized spacial score (nSPS) is 17.7. The molecule has 0 fully saturated rings. The fraction of sp³-hybridized carbons (Fsp3) is 0.391. The zero-order valence-corrected chi connectivity index (χ0v) is 36.3. The van der Waals surface area contributed by atoms with Gasteiger partial charge in [-0.2, -0.15) is 0 Å². The van der Waals surface area contributed by atoms with Crippen LogP contribution >= 0.6 is 0 Å². The van der Waals surface area contributed by atoms with Crippen molar-refractivity contribution in [3.8, 4) is 22.3 Å². The van der Waals surface area contributed by atoms with E-state index in [1.165, 1.54) is 44.5 Å². The summed E-state index contributed by atoms with van der Waals surface area (Å²) in [5.74, 6) is 0. The number of rotatable bonds is 6. The van der Waals surface area contributed by atoms with Gasteiger partial charge in [0, 0.05) is 0 Å². The minimum absolute atomic E-state index is 0.153. The predicted octanol–water partition coefficient (Wildman–Crippen LogP) is 14.0. The third-order valence-corrected chi connectivity index (χ3v) is 70.9. The van der Waals surface area contributed by atoms with Gasteiger partial charge in [0.25, 0.3) is 0 Å². The summed E-state index contributed by atoms with van der Waals surface area (Å²) in [4.78, 5) is 0. The standard InChI is InChI=1S/2C19H19.C6H14Si.2CH3.Hf/c2*1-19(2,3)16-12-10-15(11-13-16)18-9-5-7-14-6-4-8-17(14)18;1-5(2)7-6(3)4;;;/h2*4-13H,1-3H3;5-6H,1-4H3;2*1H3;. The first-order valence-electron chi connectivity index (χ1n) is 18.3. The first-order valence-corrected chi connectivity index (χ1v) is 36.7. The summed E-state index contributed by atoms with van der Waals surface area (Å²) >= 11 is -4.00. The van der Waals surface area contributed by atoms with Crippen molar-refractivity contribution in [3.05, 3.63) is 130 Å². The Morgan fingerprint density at radius 1 is 0.521 bits per heavy atom. The van der Waals surface area contributed by atoms with Crippen molar-refractivity contribution in [2.75, 3.05) is 0 Å². The number of benzene rings is 4. The summed E-state index contributed by atoms with van der Waals surface area (Å²) in [6.07, 6.45) is 10.4. The topological polar surface area (TPSA) is 0 Å². The molecule has 0 saturated heterocycles. The summed E-state index contributed by atoms with van der Waals surface area (Å²) in [5.41, 5.74) is 15.3. The van der Waals surface area contributed by atoms with E-state index < -0.39 is 22.6 Å².